The lowest BCUT2D eigenvalue weighted by Crippen LogP contribution is -2.43. The van der Waals surface area contributed by atoms with Gasteiger partial charge in [0.1, 0.15) is 5.56 Å². The quantitative estimate of drug-likeness (QED) is 0.513. The number of carbonyl (C=O) groups is 1. The van der Waals surface area contributed by atoms with Crippen molar-refractivity contribution in [3.63, 3.8) is 0 Å². The third-order valence-corrected chi connectivity index (χ3v) is 3.77. The molecule has 21 heavy (non-hydrogen) atoms. The minimum Gasteiger partial charge on any atom is -0.411 e. The van der Waals surface area contributed by atoms with E-state index in [-0.39, 0.29) is 23.1 Å². The van der Waals surface area contributed by atoms with Crippen LogP contribution in [-0.2, 0) is 0 Å². The van der Waals surface area contributed by atoms with Crippen LogP contribution in [0.5, 0.6) is 0 Å². The Morgan fingerprint density at radius 2 is 2.24 bits per heavy atom. The van der Waals surface area contributed by atoms with Crippen molar-refractivity contribution in [2.75, 3.05) is 13.1 Å². The fourth-order valence-electron chi connectivity index (χ4n) is 2.60. The Morgan fingerprint density at radius 3 is 2.81 bits per heavy atom. The summed E-state index contributed by atoms with van der Waals surface area (Å²) in [7, 11) is 0. The van der Waals surface area contributed by atoms with Crippen molar-refractivity contribution in [3.8, 4) is 0 Å². The number of nitrogens with zero attached hydrogens (tertiary/aromatic N) is 3. The lowest BCUT2D eigenvalue weighted by molar-refractivity contribution is -0.385. The Hall–Kier alpha value is -2.44. The van der Waals surface area contributed by atoms with Gasteiger partial charge in [-0.05, 0) is 13.0 Å². The van der Waals surface area contributed by atoms with E-state index in [4.69, 9.17) is 5.21 Å². The van der Waals surface area contributed by atoms with Gasteiger partial charge in [-0.3, -0.25) is 14.9 Å². The molecule has 0 radical (unpaired) electrons. The van der Waals surface area contributed by atoms with Crippen molar-refractivity contribution < 1.29 is 14.9 Å². The van der Waals surface area contributed by atoms with E-state index < -0.39 is 4.92 Å². The molecule has 1 heterocycles. The van der Waals surface area contributed by atoms with Crippen LogP contribution < -0.4 is 0 Å². The second-order valence-electron chi connectivity index (χ2n) is 5.22. The van der Waals surface area contributed by atoms with Crippen LogP contribution in [0.4, 0.5) is 5.69 Å². The van der Waals surface area contributed by atoms with Gasteiger partial charge in [0.25, 0.3) is 11.6 Å². The third kappa shape index (κ3) is 2.86. The summed E-state index contributed by atoms with van der Waals surface area (Å²) in [5.41, 5.74) is 1.08. The number of oxime groups is 1. The minimum atomic E-state index is -0.517. The summed E-state index contributed by atoms with van der Waals surface area (Å²) in [6.45, 7) is 4.26. The smallest absolute Gasteiger partial charge is 0.285 e. The largest absolute Gasteiger partial charge is 0.411 e. The number of piperidine rings is 1. The van der Waals surface area contributed by atoms with E-state index in [1.54, 1.807) is 24.0 Å². The summed E-state index contributed by atoms with van der Waals surface area (Å²) < 4.78 is 0. The molecule has 1 aliphatic rings. The normalized spacial score (nSPS) is 20.6. The van der Waals surface area contributed by atoms with Gasteiger partial charge >= 0.3 is 0 Å². The van der Waals surface area contributed by atoms with Gasteiger partial charge in [-0.1, -0.05) is 24.2 Å². The van der Waals surface area contributed by atoms with Gasteiger partial charge in [-0.2, -0.15) is 0 Å². The van der Waals surface area contributed by atoms with Gasteiger partial charge in [0.15, 0.2) is 0 Å². The van der Waals surface area contributed by atoms with Gasteiger partial charge in [0.2, 0.25) is 0 Å². The van der Waals surface area contributed by atoms with Crippen LogP contribution in [-0.4, -0.2) is 39.7 Å². The first-order valence-electron chi connectivity index (χ1n) is 6.69. The second kappa shape index (κ2) is 5.90. The molecule has 0 aliphatic carbocycles. The first-order chi connectivity index (χ1) is 9.95. The standard InChI is InChI=1S/C14H17N3O4/c1-9-4-3-5-11(13(9)17(20)21)14(18)16-7-6-12(15-19)10(2)8-16/h3-5,10,19H,6-8H2,1-2H3/b15-12+. The molecular weight excluding hydrogens is 274 g/mol. The highest BCUT2D eigenvalue weighted by Gasteiger charge is 2.30. The first-order valence-corrected chi connectivity index (χ1v) is 6.69. The molecule has 2 rings (SSSR count). The van der Waals surface area contributed by atoms with Gasteiger partial charge in [0.05, 0.1) is 10.6 Å². The molecule has 0 saturated carbocycles. The number of hydrogen-bond donors (Lipinski definition) is 1. The highest BCUT2D eigenvalue weighted by molar-refractivity contribution is 6.00. The molecule has 1 atom stereocenters. The molecule has 0 spiro atoms. The molecule has 1 saturated heterocycles. The van der Waals surface area contributed by atoms with E-state index in [0.29, 0.717) is 30.8 Å². The molecule has 112 valence electrons. The van der Waals surface area contributed by atoms with Crippen molar-refractivity contribution in [2.45, 2.75) is 20.3 Å². The number of hydrogen-bond acceptors (Lipinski definition) is 5. The van der Waals surface area contributed by atoms with Crippen LogP contribution in [0.1, 0.15) is 29.3 Å². The molecular formula is C14H17N3O4. The van der Waals surface area contributed by atoms with E-state index >= 15 is 0 Å². The zero-order valence-corrected chi connectivity index (χ0v) is 11.9. The number of nitro benzene ring substituents is 1. The van der Waals surface area contributed by atoms with Crippen molar-refractivity contribution >= 4 is 17.3 Å². The second-order valence-corrected chi connectivity index (χ2v) is 5.22. The van der Waals surface area contributed by atoms with Crippen LogP contribution >= 0.6 is 0 Å². The zero-order valence-electron chi connectivity index (χ0n) is 11.9. The van der Waals surface area contributed by atoms with E-state index in [9.17, 15) is 14.9 Å². The summed E-state index contributed by atoms with van der Waals surface area (Å²) in [5.74, 6) is -0.411. The summed E-state index contributed by atoms with van der Waals surface area (Å²) >= 11 is 0. The maximum absolute atomic E-state index is 12.5. The highest BCUT2D eigenvalue weighted by atomic mass is 16.6. The Morgan fingerprint density at radius 1 is 1.52 bits per heavy atom. The number of aryl methyl sites for hydroxylation is 1. The lowest BCUT2D eigenvalue weighted by atomic mass is 9.96. The van der Waals surface area contributed by atoms with Crippen LogP contribution in [0.25, 0.3) is 0 Å². The predicted molar refractivity (Wildman–Crippen MR) is 76.7 cm³/mol. The number of amides is 1. The number of nitro groups is 1. The van der Waals surface area contributed by atoms with Crippen LogP contribution in [0.15, 0.2) is 23.4 Å². The molecule has 0 bridgehead atoms. The van der Waals surface area contributed by atoms with E-state index in [1.165, 1.54) is 6.07 Å². The van der Waals surface area contributed by atoms with Crippen molar-refractivity contribution in [1.29, 1.82) is 0 Å². The number of benzene rings is 1. The van der Waals surface area contributed by atoms with Gasteiger partial charge in [-0.25, -0.2) is 0 Å². The van der Waals surface area contributed by atoms with Crippen molar-refractivity contribution in [2.24, 2.45) is 11.1 Å². The average molecular weight is 291 g/mol. The molecule has 1 amide bonds. The van der Waals surface area contributed by atoms with Crippen LogP contribution in [0, 0.1) is 23.0 Å². The zero-order chi connectivity index (χ0) is 15.6. The third-order valence-electron chi connectivity index (χ3n) is 3.77. The molecule has 1 unspecified atom stereocenters. The number of likely N-dealkylation sites (tertiary alicyclic amines) is 1. The molecule has 7 heteroatoms. The van der Waals surface area contributed by atoms with E-state index in [0.717, 1.165) is 0 Å². The Kier molecular flexibility index (Phi) is 4.21. The fraction of sp³-hybridized carbons (Fsp3) is 0.429. The number of para-hydroxylation sites is 1. The topological polar surface area (TPSA) is 96.0 Å². The Labute approximate surface area is 122 Å². The number of carbonyl (C=O) groups excluding carboxylic acids is 1. The molecule has 0 aromatic heterocycles. The average Bonchev–Trinajstić information content (AvgIpc) is 2.45. The number of rotatable bonds is 2. The fourth-order valence-corrected chi connectivity index (χ4v) is 2.60. The SMILES string of the molecule is Cc1cccc(C(=O)N2CC/C(=N\O)C(C)C2)c1[N+](=O)[O-]. The molecule has 7 nitrogen and oxygen atoms in total. The Balaban J connectivity index is 2.30. The molecule has 1 N–H and O–H groups in total. The summed E-state index contributed by atoms with van der Waals surface area (Å²) in [6, 6.07) is 4.74. The monoisotopic (exact) mass is 291 g/mol. The maximum atomic E-state index is 12.5. The van der Waals surface area contributed by atoms with Gasteiger partial charge in [-0.15, -0.1) is 0 Å². The molecule has 1 aliphatic heterocycles. The van der Waals surface area contributed by atoms with Crippen LogP contribution in [0.2, 0.25) is 0 Å². The summed E-state index contributed by atoms with van der Waals surface area (Å²) in [5, 5.41) is 23.3. The highest BCUT2D eigenvalue weighted by Crippen LogP contribution is 2.26. The lowest BCUT2D eigenvalue weighted by Gasteiger charge is -2.31. The van der Waals surface area contributed by atoms with Crippen molar-refractivity contribution in [3.05, 3.63) is 39.4 Å². The van der Waals surface area contributed by atoms with Crippen LogP contribution in [0.3, 0.4) is 0 Å². The van der Waals surface area contributed by atoms with E-state index in [2.05, 4.69) is 5.16 Å². The molecule has 1 fully saturated rings. The van der Waals surface area contributed by atoms with Crippen molar-refractivity contribution in [1.82, 2.24) is 4.90 Å². The van der Waals surface area contributed by atoms with E-state index in [1.807, 2.05) is 6.92 Å². The minimum absolute atomic E-state index is 0.0587. The summed E-state index contributed by atoms with van der Waals surface area (Å²) in [6.07, 6.45) is 0.475. The maximum Gasteiger partial charge on any atom is 0.285 e. The van der Waals surface area contributed by atoms with Gasteiger partial charge in [0, 0.05) is 31.0 Å². The predicted octanol–water partition coefficient (Wildman–Crippen LogP) is 2.22. The summed E-state index contributed by atoms with van der Waals surface area (Å²) in [4.78, 5) is 24.8. The first kappa shape index (κ1) is 15.0. The van der Waals surface area contributed by atoms with Gasteiger partial charge < -0.3 is 10.1 Å². The molecule has 1 aromatic rings. The Bertz CT molecular complexity index is 612. The molecule has 1 aromatic carbocycles.